The minimum atomic E-state index is 1.12. The third kappa shape index (κ3) is 4.51. The Labute approximate surface area is 196 Å². The summed E-state index contributed by atoms with van der Waals surface area (Å²) in [7, 11) is 2.10. The zero-order valence-corrected chi connectivity index (χ0v) is 18.7. The van der Waals surface area contributed by atoms with Crippen molar-refractivity contribution in [2.24, 2.45) is 0 Å². The van der Waals surface area contributed by atoms with Crippen LogP contribution in [0.4, 0.5) is 28.4 Å². The first-order chi connectivity index (χ1) is 16.3. The Morgan fingerprint density at radius 2 is 0.788 bits per heavy atom. The molecule has 0 radical (unpaired) electrons. The monoisotopic (exact) mass is 426 g/mol. The molecular weight excluding hydrogens is 400 g/mol. The van der Waals surface area contributed by atoms with Gasteiger partial charge in [0.1, 0.15) is 0 Å². The van der Waals surface area contributed by atoms with Crippen LogP contribution in [0.15, 0.2) is 140 Å². The van der Waals surface area contributed by atoms with Gasteiger partial charge in [-0.25, -0.2) is 0 Å². The molecule has 0 aliphatic carbocycles. The Morgan fingerprint density at radius 1 is 0.364 bits per heavy atom. The smallest absolute Gasteiger partial charge is 0.0467 e. The van der Waals surface area contributed by atoms with E-state index in [1.165, 1.54) is 16.8 Å². The van der Waals surface area contributed by atoms with Crippen molar-refractivity contribution < 1.29 is 0 Å². The van der Waals surface area contributed by atoms with Crippen LogP contribution >= 0.6 is 0 Å². The highest BCUT2D eigenvalue weighted by Gasteiger charge is 2.14. The Morgan fingerprint density at radius 3 is 1.42 bits per heavy atom. The number of benzene rings is 5. The highest BCUT2D eigenvalue weighted by molar-refractivity contribution is 5.80. The number of anilines is 5. The molecule has 0 unspecified atom stereocenters. The molecule has 2 nitrogen and oxygen atoms in total. The molecule has 0 N–H and O–H groups in total. The van der Waals surface area contributed by atoms with Gasteiger partial charge in [-0.15, -0.1) is 0 Å². The number of hydrogen-bond donors (Lipinski definition) is 0. The quantitative estimate of drug-likeness (QED) is 0.268. The van der Waals surface area contributed by atoms with Crippen molar-refractivity contribution in [3.05, 3.63) is 140 Å². The SMILES string of the molecule is CN(c1ccccc1)c1ccc(N(c2ccccc2)c2cccc(-c3ccccc3)c2)cc1. The molecule has 0 fully saturated rings. The van der Waals surface area contributed by atoms with E-state index in [4.69, 9.17) is 0 Å². The van der Waals surface area contributed by atoms with Gasteiger partial charge in [0.15, 0.2) is 0 Å². The third-order valence-electron chi connectivity index (χ3n) is 5.86. The molecular formula is C31H26N2. The average molecular weight is 427 g/mol. The number of para-hydroxylation sites is 2. The first-order valence-electron chi connectivity index (χ1n) is 11.2. The lowest BCUT2D eigenvalue weighted by atomic mass is 10.0. The van der Waals surface area contributed by atoms with Crippen LogP contribution in [0.2, 0.25) is 0 Å². The minimum Gasteiger partial charge on any atom is -0.345 e. The topological polar surface area (TPSA) is 6.48 Å². The fourth-order valence-corrected chi connectivity index (χ4v) is 4.11. The Kier molecular flexibility index (Phi) is 5.90. The molecule has 5 aromatic carbocycles. The van der Waals surface area contributed by atoms with E-state index in [0.717, 1.165) is 22.7 Å². The Bertz CT molecular complexity index is 1300. The molecule has 0 aliphatic heterocycles. The molecule has 0 saturated heterocycles. The fourth-order valence-electron chi connectivity index (χ4n) is 4.11. The lowest BCUT2D eigenvalue weighted by Gasteiger charge is -2.27. The maximum absolute atomic E-state index is 2.30. The van der Waals surface area contributed by atoms with Crippen molar-refractivity contribution in [2.45, 2.75) is 0 Å². The van der Waals surface area contributed by atoms with Crippen LogP contribution in [0.25, 0.3) is 11.1 Å². The molecule has 0 amide bonds. The van der Waals surface area contributed by atoms with Crippen molar-refractivity contribution in [1.82, 2.24) is 0 Å². The van der Waals surface area contributed by atoms with E-state index in [0.29, 0.717) is 0 Å². The number of hydrogen-bond acceptors (Lipinski definition) is 2. The summed E-state index contributed by atoms with van der Waals surface area (Å²) in [6.07, 6.45) is 0. The molecule has 5 rings (SSSR count). The van der Waals surface area contributed by atoms with Crippen molar-refractivity contribution in [1.29, 1.82) is 0 Å². The third-order valence-corrected chi connectivity index (χ3v) is 5.86. The lowest BCUT2D eigenvalue weighted by Crippen LogP contribution is -2.11. The van der Waals surface area contributed by atoms with E-state index in [9.17, 15) is 0 Å². The summed E-state index contributed by atoms with van der Waals surface area (Å²) in [4.78, 5) is 4.51. The maximum Gasteiger partial charge on any atom is 0.0467 e. The van der Waals surface area contributed by atoms with E-state index in [-0.39, 0.29) is 0 Å². The Hall–Kier alpha value is -4.30. The van der Waals surface area contributed by atoms with Crippen LogP contribution in [0, 0.1) is 0 Å². The van der Waals surface area contributed by atoms with Crippen molar-refractivity contribution >= 4 is 28.4 Å². The van der Waals surface area contributed by atoms with Gasteiger partial charge in [-0.2, -0.15) is 0 Å². The predicted octanol–water partition coefficient (Wildman–Crippen LogP) is 8.59. The van der Waals surface area contributed by atoms with Crippen LogP contribution in [0.1, 0.15) is 0 Å². The molecule has 160 valence electrons. The normalized spacial score (nSPS) is 10.6. The van der Waals surface area contributed by atoms with Gasteiger partial charge in [0, 0.05) is 35.5 Å². The molecule has 2 heteroatoms. The standard InChI is InChI=1S/C31H26N2/c1-32(27-15-7-3-8-16-27)28-20-22-30(23-21-28)33(29-17-9-4-10-18-29)31-19-11-14-26(24-31)25-12-5-2-6-13-25/h2-24H,1H3. The van der Waals surface area contributed by atoms with Crippen molar-refractivity contribution in [3.63, 3.8) is 0 Å². The highest BCUT2D eigenvalue weighted by Crippen LogP contribution is 2.37. The second-order valence-electron chi connectivity index (χ2n) is 8.00. The minimum absolute atomic E-state index is 1.12. The summed E-state index contributed by atoms with van der Waals surface area (Å²) in [5, 5.41) is 0. The summed E-state index contributed by atoms with van der Waals surface area (Å²) in [6, 6.07) is 48.9. The second kappa shape index (κ2) is 9.46. The van der Waals surface area contributed by atoms with Gasteiger partial charge in [-0.05, 0) is 71.8 Å². The van der Waals surface area contributed by atoms with E-state index in [1.54, 1.807) is 0 Å². The number of rotatable bonds is 6. The number of nitrogens with zero attached hydrogens (tertiary/aromatic N) is 2. The van der Waals surface area contributed by atoms with Gasteiger partial charge in [-0.3, -0.25) is 0 Å². The van der Waals surface area contributed by atoms with Crippen LogP contribution in [-0.4, -0.2) is 7.05 Å². The molecule has 0 atom stereocenters. The van der Waals surface area contributed by atoms with Crippen LogP contribution in [-0.2, 0) is 0 Å². The molecule has 0 bridgehead atoms. The largest absolute Gasteiger partial charge is 0.345 e. The van der Waals surface area contributed by atoms with Gasteiger partial charge >= 0.3 is 0 Å². The Balaban J connectivity index is 1.53. The van der Waals surface area contributed by atoms with Crippen LogP contribution < -0.4 is 9.80 Å². The molecule has 5 aromatic rings. The molecule has 0 saturated carbocycles. The van der Waals surface area contributed by atoms with Crippen molar-refractivity contribution in [3.8, 4) is 11.1 Å². The summed E-state index contributed by atoms with van der Waals surface area (Å²) in [5.74, 6) is 0. The van der Waals surface area contributed by atoms with E-state index >= 15 is 0 Å². The van der Waals surface area contributed by atoms with Gasteiger partial charge in [0.2, 0.25) is 0 Å². The molecule has 0 aliphatic rings. The fraction of sp³-hybridized carbons (Fsp3) is 0.0323. The summed E-state index contributed by atoms with van der Waals surface area (Å²) >= 11 is 0. The maximum atomic E-state index is 2.30. The lowest BCUT2D eigenvalue weighted by molar-refractivity contribution is 1.20. The summed E-state index contributed by atoms with van der Waals surface area (Å²) in [5.41, 5.74) is 8.12. The first-order valence-corrected chi connectivity index (χ1v) is 11.2. The van der Waals surface area contributed by atoms with Crippen LogP contribution in [0.5, 0.6) is 0 Å². The molecule has 0 spiro atoms. The zero-order valence-electron chi connectivity index (χ0n) is 18.7. The highest BCUT2D eigenvalue weighted by atomic mass is 15.1. The van der Waals surface area contributed by atoms with E-state index in [1.807, 2.05) is 6.07 Å². The predicted molar refractivity (Wildman–Crippen MR) is 141 cm³/mol. The van der Waals surface area contributed by atoms with E-state index < -0.39 is 0 Å². The molecule has 33 heavy (non-hydrogen) atoms. The zero-order chi connectivity index (χ0) is 22.5. The average Bonchev–Trinajstić information content (AvgIpc) is 2.91. The van der Waals surface area contributed by atoms with E-state index in [2.05, 4.69) is 150 Å². The molecule has 0 aromatic heterocycles. The van der Waals surface area contributed by atoms with Gasteiger partial charge in [0.05, 0.1) is 0 Å². The first kappa shape index (κ1) is 20.6. The van der Waals surface area contributed by atoms with Gasteiger partial charge < -0.3 is 9.80 Å². The summed E-state index contributed by atoms with van der Waals surface area (Å²) in [6.45, 7) is 0. The molecule has 0 heterocycles. The van der Waals surface area contributed by atoms with Crippen LogP contribution in [0.3, 0.4) is 0 Å². The van der Waals surface area contributed by atoms with Gasteiger partial charge in [0.25, 0.3) is 0 Å². The second-order valence-corrected chi connectivity index (χ2v) is 8.00. The summed E-state index contributed by atoms with van der Waals surface area (Å²) < 4.78 is 0. The van der Waals surface area contributed by atoms with Crippen molar-refractivity contribution in [2.75, 3.05) is 16.8 Å². The van der Waals surface area contributed by atoms with Gasteiger partial charge in [-0.1, -0.05) is 78.9 Å².